The molecule has 2 rings (SSSR count). The highest BCUT2D eigenvalue weighted by Crippen LogP contribution is 2.28. The van der Waals surface area contributed by atoms with Crippen LogP contribution in [0.25, 0.3) is 0 Å². The number of benzene rings is 2. The Morgan fingerprint density at radius 2 is 1.83 bits per heavy atom. The highest BCUT2D eigenvalue weighted by atomic mass is 79.9. The first-order chi connectivity index (χ1) is 11.1. The van der Waals surface area contributed by atoms with E-state index >= 15 is 0 Å². The normalized spacial score (nSPS) is 10.0. The lowest BCUT2D eigenvalue weighted by Crippen LogP contribution is -2.30. The molecule has 6 heteroatoms. The summed E-state index contributed by atoms with van der Waals surface area (Å²) in [5.74, 6) is 1.23. The van der Waals surface area contributed by atoms with Gasteiger partial charge in [0.05, 0.1) is 19.9 Å². The number of hydrogen-bond acceptors (Lipinski definition) is 3. The zero-order valence-corrected chi connectivity index (χ0v) is 14.6. The van der Waals surface area contributed by atoms with Crippen LogP contribution in [0.3, 0.4) is 0 Å². The fourth-order valence-electron chi connectivity index (χ4n) is 2.05. The second kappa shape index (κ2) is 8.43. The largest absolute Gasteiger partial charge is 0.497 e. The number of halogens is 1. The van der Waals surface area contributed by atoms with Crippen molar-refractivity contribution < 1.29 is 14.3 Å². The maximum absolute atomic E-state index is 12.0. The van der Waals surface area contributed by atoms with Crippen LogP contribution in [0.15, 0.2) is 46.9 Å². The molecule has 23 heavy (non-hydrogen) atoms. The fraction of sp³-hybridized carbons (Fsp3) is 0.235. The number of carbonyl (C=O) groups excluding carboxylic acids is 1. The minimum absolute atomic E-state index is 0.284. The van der Waals surface area contributed by atoms with Gasteiger partial charge in [0.2, 0.25) is 0 Å². The van der Waals surface area contributed by atoms with E-state index in [1.165, 1.54) is 0 Å². The SMILES string of the molecule is COc1ccc(OC)c(NC(=O)NCCc2ccc(Br)cc2)c1. The van der Waals surface area contributed by atoms with E-state index in [-0.39, 0.29) is 6.03 Å². The third-order valence-corrected chi connectivity index (χ3v) is 3.80. The summed E-state index contributed by atoms with van der Waals surface area (Å²) in [5, 5.41) is 5.59. The van der Waals surface area contributed by atoms with Crippen molar-refractivity contribution in [1.82, 2.24) is 5.32 Å². The number of amides is 2. The summed E-state index contributed by atoms with van der Waals surface area (Å²) in [6.45, 7) is 0.541. The Morgan fingerprint density at radius 3 is 2.48 bits per heavy atom. The second-order valence-electron chi connectivity index (χ2n) is 4.82. The monoisotopic (exact) mass is 378 g/mol. The molecule has 0 atom stereocenters. The Bertz CT molecular complexity index is 659. The molecule has 0 saturated carbocycles. The molecule has 5 nitrogen and oxygen atoms in total. The molecule has 2 amide bonds. The van der Waals surface area contributed by atoms with Crippen LogP contribution in [0.1, 0.15) is 5.56 Å². The van der Waals surface area contributed by atoms with Crippen LogP contribution in [0.4, 0.5) is 10.5 Å². The van der Waals surface area contributed by atoms with E-state index in [2.05, 4.69) is 26.6 Å². The van der Waals surface area contributed by atoms with E-state index in [0.717, 1.165) is 16.5 Å². The molecule has 0 radical (unpaired) electrons. The smallest absolute Gasteiger partial charge is 0.319 e. The van der Waals surface area contributed by atoms with Gasteiger partial charge in [0.15, 0.2) is 0 Å². The van der Waals surface area contributed by atoms with Gasteiger partial charge in [-0.15, -0.1) is 0 Å². The van der Waals surface area contributed by atoms with Crippen molar-refractivity contribution in [3.05, 3.63) is 52.5 Å². The quantitative estimate of drug-likeness (QED) is 0.802. The number of carbonyl (C=O) groups is 1. The number of ether oxygens (including phenoxy) is 2. The van der Waals surface area contributed by atoms with Gasteiger partial charge in [0.25, 0.3) is 0 Å². The predicted octanol–water partition coefficient (Wildman–Crippen LogP) is 3.83. The molecule has 0 fully saturated rings. The van der Waals surface area contributed by atoms with Crippen LogP contribution in [-0.2, 0) is 6.42 Å². The molecule has 0 aromatic heterocycles. The molecule has 122 valence electrons. The van der Waals surface area contributed by atoms with Gasteiger partial charge in [-0.05, 0) is 36.2 Å². The zero-order valence-electron chi connectivity index (χ0n) is 13.1. The number of urea groups is 1. The van der Waals surface area contributed by atoms with E-state index in [0.29, 0.717) is 23.7 Å². The van der Waals surface area contributed by atoms with Crippen molar-refractivity contribution >= 4 is 27.6 Å². The van der Waals surface area contributed by atoms with Gasteiger partial charge in [-0.3, -0.25) is 0 Å². The molecule has 0 unspecified atom stereocenters. The first kappa shape index (κ1) is 17.1. The number of methoxy groups -OCH3 is 2. The molecule has 2 aromatic rings. The lowest BCUT2D eigenvalue weighted by molar-refractivity contribution is 0.252. The Balaban J connectivity index is 1.88. The van der Waals surface area contributed by atoms with E-state index in [1.807, 2.05) is 24.3 Å². The van der Waals surface area contributed by atoms with Crippen LogP contribution >= 0.6 is 15.9 Å². The van der Waals surface area contributed by atoms with Gasteiger partial charge in [0.1, 0.15) is 11.5 Å². The zero-order chi connectivity index (χ0) is 16.7. The van der Waals surface area contributed by atoms with Crippen LogP contribution in [0.2, 0.25) is 0 Å². The maximum Gasteiger partial charge on any atom is 0.319 e. The summed E-state index contributed by atoms with van der Waals surface area (Å²) in [4.78, 5) is 12.0. The molecular weight excluding hydrogens is 360 g/mol. The first-order valence-electron chi connectivity index (χ1n) is 7.13. The average Bonchev–Trinajstić information content (AvgIpc) is 2.56. The van der Waals surface area contributed by atoms with Crippen molar-refractivity contribution in [2.75, 3.05) is 26.1 Å². The number of hydrogen-bond donors (Lipinski definition) is 2. The van der Waals surface area contributed by atoms with Crippen molar-refractivity contribution in [3.63, 3.8) is 0 Å². The standard InChI is InChI=1S/C17H19BrN2O3/c1-22-14-7-8-16(23-2)15(11-14)20-17(21)19-10-9-12-3-5-13(18)6-4-12/h3-8,11H,9-10H2,1-2H3,(H2,19,20,21). The number of nitrogens with one attached hydrogen (secondary N) is 2. The second-order valence-corrected chi connectivity index (χ2v) is 5.74. The average molecular weight is 379 g/mol. The third kappa shape index (κ3) is 5.17. The maximum atomic E-state index is 12.0. The minimum Gasteiger partial charge on any atom is -0.497 e. The molecule has 0 bridgehead atoms. The number of rotatable bonds is 6. The predicted molar refractivity (Wildman–Crippen MR) is 94.4 cm³/mol. The molecule has 2 aromatic carbocycles. The summed E-state index contributed by atoms with van der Waals surface area (Å²) in [7, 11) is 3.13. The van der Waals surface area contributed by atoms with Crippen molar-refractivity contribution in [2.24, 2.45) is 0 Å². The van der Waals surface area contributed by atoms with E-state index in [9.17, 15) is 4.79 Å². The lowest BCUT2D eigenvalue weighted by Gasteiger charge is -2.12. The van der Waals surface area contributed by atoms with E-state index in [1.54, 1.807) is 32.4 Å². The van der Waals surface area contributed by atoms with E-state index in [4.69, 9.17) is 9.47 Å². The Morgan fingerprint density at radius 1 is 1.09 bits per heavy atom. The summed E-state index contributed by atoms with van der Waals surface area (Å²) in [5.41, 5.74) is 1.72. The van der Waals surface area contributed by atoms with Crippen LogP contribution in [0.5, 0.6) is 11.5 Å². The third-order valence-electron chi connectivity index (χ3n) is 3.27. The van der Waals surface area contributed by atoms with Crippen molar-refractivity contribution in [3.8, 4) is 11.5 Å². The van der Waals surface area contributed by atoms with Gasteiger partial charge in [0, 0.05) is 17.1 Å². The summed E-state index contributed by atoms with van der Waals surface area (Å²) < 4.78 is 11.4. The number of anilines is 1. The molecule has 0 aliphatic carbocycles. The molecule has 0 saturated heterocycles. The van der Waals surface area contributed by atoms with Crippen LogP contribution in [-0.4, -0.2) is 26.8 Å². The van der Waals surface area contributed by atoms with E-state index < -0.39 is 0 Å². The molecular formula is C17H19BrN2O3. The summed E-state index contributed by atoms with van der Waals surface area (Å²) >= 11 is 3.40. The minimum atomic E-state index is -0.284. The Labute approximate surface area is 144 Å². The van der Waals surface area contributed by atoms with Gasteiger partial charge in [-0.2, -0.15) is 0 Å². The van der Waals surface area contributed by atoms with Crippen molar-refractivity contribution in [1.29, 1.82) is 0 Å². The van der Waals surface area contributed by atoms with Crippen LogP contribution in [0, 0.1) is 0 Å². The van der Waals surface area contributed by atoms with Gasteiger partial charge in [-0.25, -0.2) is 4.79 Å². The highest BCUT2D eigenvalue weighted by Gasteiger charge is 2.08. The van der Waals surface area contributed by atoms with Gasteiger partial charge >= 0.3 is 6.03 Å². The summed E-state index contributed by atoms with van der Waals surface area (Å²) in [6.07, 6.45) is 0.760. The topological polar surface area (TPSA) is 59.6 Å². The molecule has 2 N–H and O–H groups in total. The van der Waals surface area contributed by atoms with Gasteiger partial charge < -0.3 is 20.1 Å². The molecule has 0 aliphatic rings. The molecule has 0 spiro atoms. The van der Waals surface area contributed by atoms with Crippen LogP contribution < -0.4 is 20.1 Å². The van der Waals surface area contributed by atoms with Gasteiger partial charge in [-0.1, -0.05) is 28.1 Å². The fourth-order valence-corrected chi connectivity index (χ4v) is 2.31. The molecule has 0 heterocycles. The lowest BCUT2D eigenvalue weighted by atomic mass is 10.1. The highest BCUT2D eigenvalue weighted by molar-refractivity contribution is 9.10. The van der Waals surface area contributed by atoms with Crippen molar-refractivity contribution in [2.45, 2.75) is 6.42 Å². The Hall–Kier alpha value is -2.21. The first-order valence-corrected chi connectivity index (χ1v) is 7.93. The Kier molecular flexibility index (Phi) is 6.29. The molecule has 0 aliphatic heterocycles. The summed E-state index contributed by atoms with van der Waals surface area (Å²) in [6, 6.07) is 13.0.